The summed E-state index contributed by atoms with van der Waals surface area (Å²) in [5.74, 6) is -0.925. The molecule has 0 bridgehead atoms. The molecule has 83 heavy (non-hydrogen) atoms. The van der Waals surface area contributed by atoms with Crippen LogP contribution >= 0.6 is 0 Å². The molecule has 0 amide bonds. The highest BCUT2D eigenvalue weighted by Gasteiger charge is 2.19. The first-order valence-electron chi connectivity index (χ1n) is 34.7. The van der Waals surface area contributed by atoms with Crippen molar-refractivity contribution in [2.75, 3.05) is 13.2 Å². The minimum atomic E-state index is -0.803. The number of hydrogen-bond acceptors (Lipinski definition) is 6. The Kier molecular flexibility index (Phi) is 66.3. The summed E-state index contributed by atoms with van der Waals surface area (Å²) in [6, 6.07) is 0. The van der Waals surface area contributed by atoms with E-state index >= 15 is 0 Å². The van der Waals surface area contributed by atoms with E-state index in [1.807, 2.05) is 0 Å². The third kappa shape index (κ3) is 68.2. The average molecular weight is 1150 g/mol. The first-order valence-corrected chi connectivity index (χ1v) is 34.7. The number of ether oxygens (including phenoxy) is 3. The van der Waals surface area contributed by atoms with Crippen LogP contribution in [0.4, 0.5) is 0 Å². The Bertz CT molecular complexity index is 1750. The number of esters is 3. The molecule has 0 heterocycles. The van der Waals surface area contributed by atoms with E-state index in [4.69, 9.17) is 14.2 Å². The van der Waals surface area contributed by atoms with Crippen LogP contribution < -0.4 is 0 Å². The van der Waals surface area contributed by atoms with Crippen molar-refractivity contribution in [2.24, 2.45) is 0 Å². The Hall–Kier alpha value is -4.45. The van der Waals surface area contributed by atoms with E-state index in [-0.39, 0.29) is 31.1 Å². The fourth-order valence-corrected chi connectivity index (χ4v) is 9.43. The lowest BCUT2D eigenvalue weighted by molar-refractivity contribution is -0.167. The lowest BCUT2D eigenvalue weighted by Crippen LogP contribution is -2.30. The van der Waals surface area contributed by atoms with Crippen LogP contribution in [0.2, 0.25) is 0 Å². The minimum absolute atomic E-state index is 0.0973. The molecule has 0 saturated carbocycles. The monoisotopic (exact) mass is 1150 g/mol. The molecule has 0 aromatic carbocycles. The van der Waals surface area contributed by atoms with Gasteiger partial charge in [0.15, 0.2) is 6.10 Å². The van der Waals surface area contributed by atoms with Crippen LogP contribution in [0.3, 0.4) is 0 Å². The van der Waals surface area contributed by atoms with Gasteiger partial charge < -0.3 is 14.2 Å². The standard InChI is InChI=1S/C77H128O6/c1-4-7-10-13-16-19-22-25-28-31-34-37-38-41-43-46-49-52-55-58-61-64-67-70-76(79)82-73-74(83-77(80)71-68-65-62-59-56-53-50-47-44-40-36-33-30-27-24-21-18-15-12-9-6-3)72-81-75(78)69-66-63-60-57-54-51-48-45-42-39-35-32-29-26-23-20-17-14-11-8-5-2/h7,10,16,19,23-28,32-37,41-45,47,74H,4-6,8-9,11-15,17-18,20-22,29-31,38-40,46,48-73H2,1-3H3/b10-7-,19-16-,26-23-,27-24-,28-25-,35-32-,36-33-,37-34-,43-41-,45-42-,47-44-. The molecule has 0 rings (SSSR count). The number of rotatable bonds is 62. The van der Waals surface area contributed by atoms with Crippen molar-refractivity contribution >= 4 is 17.9 Å². The maximum absolute atomic E-state index is 13.0. The van der Waals surface area contributed by atoms with Crippen molar-refractivity contribution in [3.8, 4) is 0 Å². The molecule has 6 heteroatoms. The Morgan fingerprint density at radius 2 is 0.470 bits per heavy atom. The molecule has 472 valence electrons. The van der Waals surface area contributed by atoms with Gasteiger partial charge in [0.25, 0.3) is 0 Å². The van der Waals surface area contributed by atoms with Gasteiger partial charge in [-0.15, -0.1) is 0 Å². The van der Waals surface area contributed by atoms with Gasteiger partial charge in [-0.3, -0.25) is 14.4 Å². The Morgan fingerprint density at radius 3 is 0.735 bits per heavy atom. The molecule has 0 radical (unpaired) electrons. The zero-order valence-electron chi connectivity index (χ0n) is 54.2. The molecular weight excluding hydrogens is 1020 g/mol. The van der Waals surface area contributed by atoms with Crippen LogP contribution in [0.1, 0.15) is 316 Å². The van der Waals surface area contributed by atoms with Gasteiger partial charge in [-0.2, -0.15) is 0 Å². The Labute approximate surface area is 513 Å². The molecule has 1 atom stereocenters. The molecule has 0 aliphatic heterocycles. The average Bonchev–Trinajstić information content (AvgIpc) is 3.49. The molecule has 0 aliphatic rings. The molecule has 6 nitrogen and oxygen atoms in total. The van der Waals surface area contributed by atoms with Crippen LogP contribution in [0.5, 0.6) is 0 Å². The second kappa shape index (κ2) is 70.0. The van der Waals surface area contributed by atoms with Gasteiger partial charge in [0.1, 0.15) is 13.2 Å². The third-order valence-corrected chi connectivity index (χ3v) is 14.6. The van der Waals surface area contributed by atoms with E-state index in [2.05, 4.69) is 154 Å². The molecule has 0 aliphatic carbocycles. The summed E-state index contributed by atoms with van der Waals surface area (Å²) in [5.41, 5.74) is 0. The molecule has 1 unspecified atom stereocenters. The molecule has 0 N–H and O–H groups in total. The van der Waals surface area contributed by atoms with Crippen LogP contribution in [0.15, 0.2) is 134 Å². The smallest absolute Gasteiger partial charge is 0.306 e. The topological polar surface area (TPSA) is 78.9 Å². The zero-order valence-corrected chi connectivity index (χ0v) is 54.2. The summed E-state index contributed by atoms with van der Waals surface area (Å²) in [6.07, 6.45) is 98.8. The summed E-state index contributed by atoms with van der Waals surface area (Å²) < 4.78 is 17.0. The van der Waals surface area contributed by atoms with Crippen molar-refractivity contribution in [2.45, 2.75) is 322 Å². The van der Waals surface area contributed by atoms with Gasteiger partial charge in [0, 0.05) is 19.3 Å². The summed E-state index contributed by atoms with van der Waals surface area (Å²) in [5, 5.41) is 0. The predicted molar refractivity (Wildman–Crippen MR) is 362 cm³/mol. The maximum Gasteiger partial charge on any atom is 0.306 e. The second-order valence-corrected chi connectivity index (χ2v) is 22.7. The molecule has 0 spiro atoms. The molecule has 0 aromatic heterocycles. The van der Waals surface area contributed by atoms with E-state index in [0.717, 1.165) is 148 Å². The number of unbranched alkanes of at least 4 members (excludes halogenated alkanes) is 29. The summed E-state index contributed by atoms with van der Waals surface area (Å²) >= 11 is 0. The highest BCUT2D eigenvalue weighted by atomic mass is 16.6. The van der Waals surface area contributed by atoms with Crippen molar-refractivity contribution in [3.05, 3.63) is 134 Å². The number of carbonyl (C=O) groups is 3. The van der Waals surface area contributed by atoms with Crippen molar-refractivity contribution < 1.29 is 28.6 Å². The van der Waals surface area contributed by atoms with E-state index in [1.54, 1.807) is 0 Å². The van der Waals surface area contributed by atoms with Gasteiger partial charge in [0.05, 0.1) is 0 Å². The highest BCUT2D eigenvalue weighted by Crippen LogP contribution is 2.15. The van der Waals surface area contributed by atoms with E-state index < -0.39 is 6.10 Å². The van der Waals surface area contributed by atoms with Gasteiger partial charge in [-0.25, -0.2) is 0 Å². The third-order valence-electron chi connectivity index (χ3n) is 14.6. The maximum atomic E-state index is 13.0. The lowest BCUT2D eigenvalue weighted by atomic mass is 10.1. The van der Waals surface area contributed by atoms with E-state index in [9.17, 15) is 14.4 Å². The van der Waals surface area contributed by atoms with Crippen LogP contribution in [0, 0.1) is 0 Å². The van der Waals surface area contributed by atoms with Gasteiger partial charge in [-0.05, 0) is 141 Å². The molecule has 0 aromatic rings. The number of allylic oxidation sites excluding steroid dienone is 22. The SMILES string of the molecule is CC/C=C\C/C=C\C/C=C\C/C=C\C/C=C\CCCCCCCCCC(=O)OCC(COC(=O)CCCCCCCC/C=C\C/C=C\C/C=C\CCCCCCC)OC(=O)CCCCCCCC/C=C\C/C=C\C/C=C\CCCCCCC. The number of hydrogen-bond donors (Lipinski definition) is 0. The fraction of sp³-hybridized carbons (Fsp3) is 0.675. The quantitative estimate of drug-likeness (QED) is 0.0261. The normalized spacial score (nSPS) is 13.0. The predicted octanol–water partition coefficient (Wildman–Crippen LogP) is 24.1. The Balaban J connectivity index is 4.48. The largest absolute Gasteiger partial charge is 0.462 e. The fourth-order valence-electron chi connectivity index (χ4n) is 9.43. The zero-order chi connectivity index (χ0) is 59.9. The first-order chi connectivity index (χ1) is 41.0. The van der Waals surface area contributed by atoms with Crippen LogP contribution in [0.25, 0.3) is 0 Å². The van der Waals surface area contributed by atoms with Gasteiger partial charge in [0.2, 0.25) is 0 Å². The molecule has 0 saturated heterocycles. The number of carbonyl (C=O) groups excluding carboxylic acids is 3. The van der Waals surface area contributed by atoms with E-state index in [1.165, 1.54) is 128 Å². The van der Waals surface area contributed by atoms with Crippen molar-refractivity contribution in [3.63, 3.8) is 0 Å². The molecule has 0 fully saturated rings. The Morgan fingerprint density at radius 1 is 0.253 bits per heavy atom. The van der Waals surface area contributed by atoms with Gasteiger partial charge in [-0.1, -0.05) is 289 Å². The van der Waals surface area contributed by atoms with Crippen molar-refractivity contribution in [1.82, 2.24) is 0 Å². The summed E-state index contributed by atoms with van der Waals surface area (Å²) in [7, 11) is 0. The van der Waals surface area contributed by atoms with Gasteiger partial charge >= 0.3 is 17.9 Å². The first kappa shape index (κ1) is 78.5. The minimum Gasteiger partial charge on any atom is -0.462 e. The van der Waals surface area contributed by atoms with Crippen LogP contribution in [-0.4, -0.2) is 37.2 Å². The lowest BCUT2D eigenvalue weighted by Gasteiger charge is -2.18. The highest BCUT2D eigenvalue weighted by molar-refractivity contribution is 5.71. The second-order valence-electron chi connectivity index (χ2n) is 22.7. The summed E-state index contributed by atoms with van der Waals surface area (Å²) in [4.78, 5) is 38.5. The summed E-state index contributed by atoms with van der Waals surface area (Å²) in [6.45, 7) is 6.49. The van der Waals surface area contributed by atoms with Crippen molar-refractivity contribution in [1.29, 1.82) is 0 Å². The van der Waals surface area contributed by atoms with E-state index in [0.29, 0.717) is 19.3 Å². The van der Waals surface area contributed by atoms with Crippen LogP contribution in [-0.2, 0) is 28.6 Å². The molecular formula is C77H128O6.